The maximum absolute atomic E-state index is 10.1. The van der Waals surface area contributed by atoms with Crippen molar-refractivity contribution in [2.45, 2.75) is 12.8 Å². The fourth-order valence-corrected chi connectivity index (χ4v) is 0.508. The smallest absolute Gasteiger partial charge is 0.227 e. The molecule has 0 aromatic carbocycles. The van der Waals surface area contributed by atoms with E-state index in [1.54, 1.807) is 0 Å². The van der Waals surface area contributed by atoms with Crippen LogP contribution in [0.5, 0.6) is 0 Å². The maximum Gasteiger partial charge on any atom is 0.227 e. The van der Waals surface area contributed by atoms with Crippen LogP contribution in [-0.4, -0.2) is 11.8 Å². The Hall–Kier alpha value is 0.0101. The van der Waals surface area contributed by atoms with Crippen LogP contribution in [0.4, 0.5) is 0 Å². The molecule has 1 rings (SSSR count). The normalized spacial score (nSPS) is 17.5. The molecule has 8 heavy (non-hydrogen) atoms. The molecule has 0 aromatic heterocycles. The molecule has 0 unspecified atom stereocenters. The molecule has 42 valence electrons. The molecular weight excluding hydrogens is 273 g/mol. The van der Waals surface area contributed by atoms with Crippen LogP contribution in [0.3, 0.4) is 0 Å². The summed E-state index contributed by atoms with van der Waals surface area (Å²) in [6.07, 6.45) is 0.748. The Kier molecular flexibility index (Phi) is 3.12. The van der Waals surface area contributed by atoms with Crippen molar-refractivity contribution in [3.05, 3.63) is 0 Å². The van der Waals surface area contributed by atoms with Gasteiger partial charge in [0.1, 0.15) is 0 Å². The van der Waals surface area contributed by atoms with Gasteiger partial charge in [0.2, 0.25) is 11.8 Å². The molecule has 0 radical (unpaired) electrons. The number of hydrogen-bond acceptors (Lipinski definition) is 2. The number of imide groups is 1. The third-order valence-corrected chi connectivity index (χ3v) is 0.858. The van der Waals surface area contributed by atoms with Crippen molar-refractivity contribution in [3.63, 3.8) is 0 Å². The van der Waals surface area contributed by atoms with Gasteiger partial charge in [0.05, 0.1) is 0 Å². The molecule has 4 heteroatoms. The van der Waals surface area contributed by atoms with Gasteiger partial charge in [0.25, 0.3) is 0 Å². The first-order valence-electron chi connectivity index (χ1n) is 2.12. The second-order valence-corrected chi connectivity index (χ2v) is 1.47. The van der Waals surface area contributed by atoms with E-state index >= 15 is 0 Å². The monoisotopic (exact) mass is 279 g/mol. The molecule has 1 heterocycles. The van der Waals surface area contributed by atoms with E-state index in [4.69, 9.17) is 0 Å². The molecule has 1 N–H and O–H groups in total. The van der Waals surface area contributed by atoms with Crippen molar-refractivity contribution in [2.24, 2.45) is 0 Å². The van der Waals surface area contributed by atoms with Crippen LogP contribution in [0.25, 0.3) is 0 Å². The number of hydrogen-bond donors (Lipinski definition) is 1. The van der Waals surface area contributed by atoms with Crippen molar-refractivity contribution >= 4 is 11.8 Å². The summed E-state index contributed by atoms with van der Waals surface area (Å²) in [5, 5.41) is 2.14. The van der Waals surface area contributed by atoms with Crippen LogP contribution in [0.1, 0.15) is 12.8 Å². The second-order valence-electron chi connectivity index (χ2n) is 1.47. The summed E-state index contributed by atoms with van der Waals surface area (Å²) in [7, 11) is 0. The molecule has 3 nitrogen and oxygen atoms in total. The zero-order valence-electron chi connectivity index (χ0n) is 4.23. The van der Waals surface area contributed by atoms with Gasteiger partial charge in [-0.15, -0.1) is 0 Å². The zero-order chi connectivity index (χ0) is 5.28. The summed E-state index contributed by atoms with van der Waals surface area (Å²) < 4.78 is 0. The number of amides is 2. The van der Waals surface area contributed by atoms with Crippen LogP contribution in [0, 0.1) is 0 Å². The predicted octanol–water partition coefficient (Wildman–Crippen LogP) is -0.579. The van der Waals surface area contributed by atoms with E-state index in [1.165, 1.54) is 0 Å². The van der Waals surface area contributed by atoms with Crippen LogP contribution in [0.15, 0.2) is 0 Å². The standard InChI is InChI=1S/C4H5NO2.Hf/c6-3-1-2-4(7)5-3;/h1-2H2,(H,5,6,7);. The molecule has 2 amide bonds. The van der Waals surface area contributed by atoms with Gasteiger partial charge in [-0.05, 0) is 0 Å². The third kappa shape index (κ3) is 1.86. The molecule has 0 bridgehead atoms. The first-order chi connectivity index (χ1) is 3.29. The van der Waals surface area contributed by atoms with Crippen molar-refractivity contribution in [3.8, 4) is 0 Å². The number of carbonyl (C=O) groups excluding carboxylic acids is 2. The minimum absolute atomic E-state index is 0. The quantitative estimate of drug-likeness (QED) is 0.476. The van der Waals surface area contributed by atoms with E-state index in [9.17, 15) is 9.59 Å². The molecule has 1 saturated heterocycles. The molecule has 0 aliphatic carbocycles. The number of carbonyl (C=O) groups is 2. The molecule has 0 atom stereocenters. The molecule has 1 aliphatic heterocycles. The summed E-state index contributed by atoms with van der Waals surface area (Å²) in [6.45, 7) is 0. The third-order valence-electron chi connectivity index (χ3n) is 0.858. The largest absolute Gasteiger partial charge is 0.296 e. The zero-order valence-corrected chi connectivity index (χ0v) is 7.82. The van der Waals surface area contributed by atoms with Crippen molar-refractivity contribution in [1.82, 2.24) is 5.32 Å². The van der Waals surface area contributed by atoms with E-state index in [1.807, 2.05) is 0 Å². The summed E-state index contributed by atoms with van der Waals surface area (Å²) >= 11 is 0. The number of nitrogens with one attached hydrogen (secondary N) is 1. The Bertz CT molecular complexity index is 109. The van der Waals surface area contributed by atoms with Gasteiger partial charge in [-0.25, -0.2) is 0 Å². The maximum atomic E-state index is 10.1. The first kappa shape index (κ1) is 8.01. The van der Waals surface area contributed by atoms with E-state index in [0.717, 1.165) is 0 Å². The molecular formula is C4H5HfNO2. The summed E-state index contributed by atoms with van der Waals surface area (Å²) in [6, 6.07) is 0. The average Bonchev–Trinajstić information content (AvgIpc) is 1.87. The summed E-state index contributed by atoms with van der Waals surface area (Å²) in [4.78, 5) is 20.2. The topological polar surface area (TPSA) is 46.2 Å². The minimum Gasteiger partial charge on any atom is -0.296 e. The molecule has 1 aliphatic rings. The van der Waals surface area contributed by atoms with E-state index in [-0.39, 0.29) is 37.7 Å². The van der Waals surface area contributed by atoms with E-state index in [0.29, 0.717) is 12.8 Å². The van der Waals surface area contributed by atoms with Crippen molar-refractivity contribution < 1.29 is 35.4 Å². The van der Waals surface area contributed by atoms with Gasteiger partial charge in [-0.3, -0.25) is 14.9 Å². The Balaban J connectivity index is 0.000000490. The van der Waals surface area contributed by atoms with Crippen LogP contribution in [0.2, 0.25) is 0 Å². The van der Waals surface area contributed by atoms with Gasteiger partial charge in [0, 0.05) is 38.7 Å². The van der Waals surface area contributed by atoms with Gasteiger partial charge < -0.3 is 0 Å². The Morgan fingerprint density at radius 1 is 1.12 bits per heavy atom. The fraction of sp³-hybridized carbons (Fsp3) is 0.500. The summed E-state index contributed by atoms with van der Waals surface area (Å²) in [5.41, 5.74) is 0. The van der Waals surface area contributed by atoms with E-state index < -0.39 is 0 Å². The van der Waals surface area contributed by atoms with Gasteiger partial charge >= 0.3 is 0 Å². The Morgan fingerprint density at radius 3 is 1.62 bits per heavy atom. The van der Waals surface area contributed by atoms with Gasteiger partial charge in [-0.2, -0.15) is 0 Å². The average molecular weight is 278 g/mol. The van der Waals surface area contributed by atoms with Crippen molar-refractivity contribution in [1.29, 1.82) is 0 Å². The van der Waals surface area contributed by atoms with Gasteiger partial charge in [0.15, 0.2) is 0 Å². The molecule has 0 saturated carbocycles. The molecule has 0 spiro atoms. The van der Waals surface area contributed by atoms with Gasteiger partial charge in [-0.1, -0.05) is 0 Å². The SMILES string of the molecule is O=C1CCC(=O)N1.[Hf]. The van der Waals surface area contributed by atoms with Crippen LogP contribution in [-0.2, 0) is 35.4 Å². The number of rotatable bonds is 0. The molecule has 1 fully saturated rings. The van der Waals surface area contributed by atoms with Crippen LogP contribution < -0.4 is 5.32 Å². The first-order valence-corrected chi connectivity index (χ1v) is 2.12. The summed E-state index contributed by atoms with van der Waals surface area (Å²) in [5.74, 6) is -0.296. The Labute approximate surface area is 65.6 Å². The minimum atomic E-state index is -0.148. The Morgan fingerprint density at radius 2 is 1.50 bits per heavy atom. The van der Waals surface area contributed by atoms with Crippen LogP contribution >= 0.6 is 0 Å². The molecule has 0 aromatic rings. The van der Waals surface area contributed by atoms with E-state index in [2.05, 4.69) is 5.32 Å². The predicted molar refractivity (Wildman–Crippen MR) is 22.4 cm³/mol. The van der Waals surface area contributed by atoms with Crippen molar-refractivity contribution in [2.75, 3.05) is 0 Å². The second kappa shape index (κ2) is 3.12. The fourth-order valence-electron chi connectivity index (χ4n) is 0.508.